The number of imidazole rings is 1. The third-order valence-electron chi connectivity index (χ3n) is 4.55. The summed E-state index contributed by atoms with van der Waals surface area (Å²) in [5.41, 5.74) is 2.56. The highest BCUT2D eigenvalue weighted by atomic mass is 19.4. The Morgan fingerprint density at radius 2 is 1.70 bits per heavy atom. The topological polar surface area (TPSA) is 56.1 Å². The van der Waals surface area contributed by atoms with E-state index >= 15 is 0 Å². The van der Waals surface area contributed by atoms with E-state index in [-0.39, 0.29) is 5.75 Å². The molecule has 3 heterocycles. The number of hydrogen-bond donors (Lipinski definition) is 0. The Hall–Kier alpha value is -2.84. The molecular formula is C18H18F3N5O. The van der Waals surface area contributed by atoms with Gasteiger partial charge in [0, 0.05) is 25.7 Å². The molecule has 27 heavy (non-hydrogen) atoms. The van der Waals surface area contributed by atoms with Gasteiger partial charge in [-0.3, -0.25) is 0 Å². The van der Waals surface area contributed by atoms with Crippen molar-refractivity contribution in [2.45, 2.75) is 25.6 Å². The molecule has 1 saturated heterocycles. The second kappa shape index (κ2) is 6.71. The Bertz CT molecular complexity index is 946. The van der Waals surface area contributed by atoms with Gasteiger partial charge in [-0.1, -0.05) is 0 Å². The average Bonchev–Trinajstić information content (AvgIpc) is 3.02. The summed E-state index contributed by atoms with van der Waals surface area (Å²) in [5.74, 6) is 0.352. The molecule has 1 fully saturated rings. The third-order valence-corrected chi connectivity index (χ3v) is 4.55. The van der Waals surface area contributed by atoms with Gasteiger partial charge in [0.05, 0.1) is 6.33 Å². The minimum Gasteiger partial charge on any atom is -0.406 e. The van der Waals surface area contributed by atoms with Crippen LogP contribution in [0.15, 0.2) is 30.6 Å². The summed E-state index contributed by atoms with van der Waals surface area (Å²) in [6.07, 6.45) is 0.311. The first-order valence-corrected chi connectivity index (χ1v) is 8.71. The monoisotopic (exact) mass is 377 g/mol. The van der Waals surface area contributed by atoms with E-state index in [9.17, 15) is 13.2 Å². The van der Waals surface area contributed by atoms with Crippen molar-refractivity contribution in [2.24, 2.45) is 7.05 Å². The van der Waals surface area contributed by atoms with Crippen LogP contribution in [-0.2, 0) is 7.05 Å². The van der Waals surface area contributed by atoms with Crippen LogP contribution in [0.2, 0.25) is 0 Å². The molecule has 2 aromatic heterocycles. The van der Waals surface area contributed by atoms with Crippen molar-refractivity contribution in [2.75, 3.05) is 18.0 Å². The van der Waals surface area contributed by atoms with Gasteiger partial charge in [-0.15, -0.1) is 13.2 Å². The summed E-state index contributed by atoms with van der Waals surface area (Å²) < 4.78 is 42.9. The predicted molar refractivity (Wildman–Crippen MR) is 94.5 cm³/mol. The molecule has 3 aromatic rings. The number of halogens is 3. The highest BCUT2D eigenvalue weighted by Crippen LogP contribution is 2.30. The molecular weight excluding hydrogens is 359 g/mol. The van der Waals surface area contributed by atoms with Crippen molar-refractivity contribution in [1.29, 1.82) is 0 Å². The van der Waals surface area contributed by atoms with Crippen LogP contribution in [0.3, 0.4) is 0 Å². The van der Waals surface area contributed by atoms with E-state index in [1.807, 2.05) is 11.6 Å². The summed E-state index contributed by atoms with van der Waals surface area (Å²) in [7, 11) is 1.85. The normalized spacial score (nSPS) is 15.3. The molecule has 1 aliphatic rings. The molecule has 4 rings (SSSR count). The lowest BCUT2D eigenvalue weighted by Gasteiger charge is -2.27. The molecule has 0 bridgehead atoms. The van der Waals surface area contributed by atoms with Gasteiger partial charge < -0.3 is 14.2 Å². The van der Waals surface area contributed by atoms with Crippen LogP contribution in [-0.4, -0.2) is 39.0 Å². The van der Waals surface area contributed by atoms with E-state index in [4.69, 9.17) is 0 Å². The molecule has 9 heteroatoms. The molecule has 0 unspecified atom stereocenters. The number of piperidine rings is 1. The largest absolute Gasteiger partial charge is 0.573 e. The van der Waals surface area contributed by atoms with Crippen molar-refractivity contribution in [3.8, 4) is 17.0 Å². The molecule has 0 aliphatic carbocycles. The quantitative estimate of drug-likeness (QED) is 0.693. The second-order valence-corrected chi connectivity index (χ2v) is 6.52. The minimum atomic E-state index is -4.72. The van der Waals surface area contributed by atoms with Gasteiger partial charge in [0.15, 0.2) is 5.65 Å². The lowest BCUT2D eigenvalue weighted by Crippen LogP contribution is -2.31. The smallest absolute Gasteiger partial charge is 0.406 e. The second-order valence-electron chi connectivity index (χ2n) is 6.52. The summed E-state index contributed by atoms with van der Waals surface area (Å²) in [4.78, 5) is 15.9. The van der Waals surface area contributed by atoms with E-state index in [2.05, 4.69) is 24.6 Å². The molecule has 0 radical (unpaired) electrons. The van der Waals surface area contributed by atoms with Gasteiger partial charge in [-0.25, -0.2) is 9.97 Å². The van der Waals surface area contributed by atoms with Gasteiger partial charge in [0.2, 0.25) is 5.95 Å². The van der Waals surface area contributed by atoms with Gasteiger partial charge in [-0.05, 0) is 43.5 Å². The predicted octanol–water partition coefficient (Wildman–Crippen LogP) is 3.92. The molecule has 6 nitrogen and oxygen atoms in total. The summed E-state index contributed by atoms with van der Waals surface area (Å²) in [5, 5.41) is 0. The zero-order valence-electron chi connectivity index (χ0n) is 14.7. The van der Waals surface area contributed by atoms with E-state index in [0.717, 1.165) is 25.9 Å². The van der Waals surface area contributed by atoms with Crippen LogP contribution in [0.4, 0.5) is 19.1 Å². The fourth-order valence-electron chi connectivity index (χ4n) is 3.25. The maximum Gasteiger partial charge on any atom is 0.573 e. The van der Waals surface area contributed by atoms with Crippen LogP contribution < -0.4 is 9.64 Å². The molecule has 1 aliphatic heterocycles. The lowest BCUT2D eigenvalue weighted by molar-refractivity contribution is -0.274. The SMILES string of the molecule is Cn1cnc2c(-c3ccc(OC(F)(F)F)cc3)nc(N3CCCCC3)nc21. The molecule has 0 spiro atoms. The third kappa shape index (κ3) is 3.67. The van der Waals surface area contributed by atoms with Crippen LogP contribution >= 0.6 is 0 Å². The van der Waals surface area contributed by atoms with Crippen LogP contribution in [0.1, 0.15) is 19.3 Å². The fourth-order valence-corrected chi connectivity index (χ4v) is 3.25. The van der Waals surface area contributed by atoms with Gasteiger partial charge in [-0.2, -0.15) is 4.98 Å². The number of nitrogens with zero attached hydrogens (tertiary/aromatic N) is 5. The highest BCUT2D eigenvalue weighted by Gasteiger charge is 2.31. The number of aromatic nitrogens is 4. The summed E-state index contributed by atoms with van der Waals surface area (Å²) >= 11 is 0. The van der Waals surface area contributed by atoms with Gasteiger partial charge in [0.1, 0.15) is 17.0 Å². The van der Waals surface area contributed by atoms with Crippen molar-refractivity contribution in [1.82, 2.24) is 19.5 Å². The summed E-state index contributed by atoms with van der Waals surface area (Å²) in [6, 6.07) is 5.66. The fraction of sp³-hybridized carbons (Fsp3) is 0.389. The molecule has 1 aromatic carbocycles. The first-order chi connectivity index (χ1) is 12.9. The first kappa shape index (κ1) is 17.6. The highest BCUT2D eigenvalue weighted by molar-refractivity contribution is 5.88. The number of alkyl halides is 3. The minimum absolute atomic E-state index is 0.270. The maximum absolute atomic E-state index is 12.4. The van der Waals surface area contributed by atoms with Crippen LogP contribution in [0.25, 0.3) is 22.4 Å². The molecule has 0 N–H and O–H groups in total. The van der Waals surface area contributed by atoms with E-state index < -0.39 is 6.36 Å². The Morgan fingerprint density at radius 3 is 2.37 bits per heavy atom. The van der Waals surface area contributed by atoms with Gasteiger partial charge >= 0.3 is 6.36 Å². The number of aryl methyl sites for hydroxylation is 1. The number of ether oxygens (including phenoxy) is 1. The Labute approximate surface area is 153 Å². The van der Waals surface area contributed by atoms with E-state index in [1.54, 1.807) is 18.5 Å². The first-order valence-electron chi connectivity index (χ1n) is 8.71. The summed E-state index contributed by atoms with van der Waals surface area (Å²) in [6.45, 7) is 1.78. The number of fused-ring (bicyclic) bond motifs is 1. The number of rotatable bonds is 3. The Balaban J connectivity index is 1.75. The van der Waals surface area contributed by atoms with Gasteiger partial charge in [0.25, 0.3) is 0 Å². The van der Waals surface area contributed by atoms with E-state index in [0.29, 0.717) is 28.4 Å². The molecule has 0 saturated carbocycles. The molecule has 142 valence electrons. The lowest BCUT2D eigenvalue weighted by atomic mass is 10.1. The molecule has 0 atom stereocenters. The zero-order valence-corrected chi connectivity index (χ0v) is 14.7. The molecule has 0 amide bonds. The average molecular weight is 377 g/mol. The van der Waals surface area contributed by atoms with Crippen molar-refractivity contribution < 1.29 is 17.9 Å². The number of benzene rings is 1. The number of hydrogen-bond acceptors (Lipinski definition) is 5. The van der Waals surface area contributed by atoms with Crippen molar-refractivity contribution in [3.63, 3.8) is 0 Å². The Morgan fingerprint density at radius 1 is 1.00 bits per heavy atom. The Kier molecular flexibility index (Phi) is 4.37. The number of anilines is 1. The van der Waals surface area contributed by atoms with E-state index in [1.165, 1.54) is 18.6 Å². The van der Waals surface area contributed by atoms with Crippen LogP contribution in [0, 0.1) is 0 Å². The standard InChI is InChI=1S/C18H18F3N5O/c1-25-11-22-15-14(12-5-7-13(8-6-12)27-18(19,20)21)23-17(24-16(15)25)26-9-3-2-4-10-26/h5-8,11H,2-4,9-10H2,1H3. The van der Waals surface area contributed by atoms with Crippen molar-refractivity contribution in [3.05, 3.63) is 30.6 Å². The van der Waals surface area contributed by atoms with Crippen LogP contribution in [0.5, 0.6) is 5.75 Å². The zero-order chi connectivity index (χ0) is 19.0. The van der Waals surface area contributed by atoms with Crippen molar-refractivity contribution >= 4 is 17.1 Å². The maximum atomic E-state index is 12.4.